The molecule has 0 spiro atoms. The number of carboxylic acid groups (broad SMARTS) is 1. The molecule has 1 N–H and O–H groups in total. The molecule has 0 aromatic carbocycles. The lowest BCUT2D eigenvalue weighted by atomic mass is 9.83. The van der Waals surface area contributed by atoms with E-state index in [0.29, 0.717) is 0 Å². The van der Waals surface area contributed by atoms with E-state index < -0.39 is 23.8 Å². The minimum absolute atomic E-state index is 0.00336. The molecule has 0 radical (unpaired) electrons. The number of allylic oxidation sites excluding steroid dienone is 2. The Labute approximate surface area is 93.3 Å². The fraction of sp³-hybridized carbons (Fsp3) is 0.500. The van der Waals surface area contributed by atoms with Gasteiger partial charge in [-0.15, -0.1) is 6.42 Å². The van der Waals surface area contributed by atoms with E-state index in [9.17, 15) is 9.59 Å². The van der Waals surface area contributed by atoms with Crippen LogP contribution in [0.4, 0.5) is 0 Å². The van der Waals surface area contributed by atoms with Gasteiger partial charge in [0.15, 0.2) is 6.61 Å². The summed E-state index contributed by atoms with van der Waals surface area (Å²) in [7, 11) is 0. The Kier molecular flexibility index (Phi) is 2.69. The van der Waals surface area contributed by atoms with Gasteiger partial charge in [-0.25, -0.2) is 0 Å². The molecule has 84 valence electrons. The molecule has 2 bridgehead atoms. The zero-order valence-corrected chi connectivity index (χ0v) is 8.63. The van der Waals surface area contributed by atoms with Crippen LogP contribution in [0.15, 0.2) is 12.2 Å². The third-order valence-corrected chi connectivity index (χ3v) is 3.31. The SMILES string of the molecule is C#CCOC(=O)[C@H]1C2C=CC(C2)C1C(=O)O. The Morgan fingerprint density at radius 3 is 2.56 bits per heavy atom. The van der Waals surface area contributed by atoms with Crippen molar-refractivity contribution >= 4 is 11.9 Å². The van der Waals surface area contributed by atoms with Gasteiger partial charge in [0.05, 0.1) is 11.8 Å². The van der Waals surface area contributed by atoms with Crippen LogP contribution in [-0.4, -0.2) is 23.7 Å². The van der Waals surface area contributed by atoms with Crippen molar-refractivity contribution in [3.8, 4) is 12.3 Å². The fourth-order valence-corrected chi connectivity index (χ4v) is 2.69. The molecule has 0 aromatic heterocycles. The first-order valence-electron chi connectivity index (χ1n) is 5.16. The molecule has 0 amide bonds. The van der Waals surface area contributed by atoms with Crippen molar-refractivity contribution in [2.75, 3.05) is 6.61 Å². The Morgan fingerprint density at radius 1 is 1.38 bits per heavy atom. The lowest BCUT2D eigenvalue weighted by Crippen LogP contribution is -2.34. The van der Waals surface area contributed by atoms with Crippen molar-refractivity contribution in [1.82, 2.24) is 0 Å². The number of carbonyl (C=O) groups excluding carboxylic acids is 1. The number of terminal acetylenes is 1. The zero-order valence-electron chi connectivity index (χ0n) is 8.63. The Morgan fingerprint density at radius 2 is 2.00 bits per heavy atom. The summed E-state index contributed by atoms with van der Waals surface area (Å²) in [5, 5.41) is 9.10. The molecular formula is C12H12O4. The highest BCUT2D eigenvalue weighted by molar-refractivity contribution is 5.83. The summed E-state index contributed by atoms with van der Waals surface area (Å²) in [6.07, 6.45) is 9.51. The molecule has 4 nitrogen and oxygen atoms in total. The predicted molar refractivity (Wildman–Crippen MR) is 55.1 cm³/mol. The van der Waals surface area contributed by atoms with Gasteiger partial charge in [-0.2, -0.15) is 0 Å². The minimum atomic E-state index is -0.931. The van der Waals surface area contributed by atoms with Gasteiger partial charge in [0.1, 0.15) is 0 Å². The summed E-state index contributed by atoms with van der Waals surface area (Å²) in [4.78, 5) is 22.8. The van der Waals surface area contributed by atoms with Crippen molar-refractivity contribution in [1.29, 1.82) is 0 Å². The quantitative estimate of drug-likeness (QED) is 0.431. The van der Waals surface area contributed by atoms with Gasteiger partial charge in [0, 0.05) is 0 Å². The highest BCUT2D eigenvalue weighted by Crippen LogP contribution is 2.48. The molecule has 0 aromatic rings. The largest absolute Gasteiger partial charge is 0.481 e. The van der Waals surface area contributed by atoms with Crippen LogP contribution in [0.2, 0.25) is 0 Å². The van der Waals surface area contributed by atoms with E-state index in [0.717, 1.165) is 6.42 Å². The van der Waals surface area contributed by atoms with Crippen LogP contribution in [0.1, 0.15) is 6.42 Å². The number of carboxylic acids is 1. The number of carbonyl (C=O) groups is 2. The van der Waals surface area contributed by atoms with Gasteiger partial charge < -0.3 is 9.84 Å². The molecule has 0 heterocycles. The molecular weight excluding hydrogens is 208 g/mol. The highest BCUT2D eigenvalue weighted by Gasteiger charge is 2.52. The Bertz CT molecular complexity index is 390. The second kappa shape index (κ2) is 4.01. The van der Waals surface area contributed by atoms with Gasteiger partial charge in [0.25, 0.3) is 0 Å². The molecule has 4 atom stereocenters. The smallest absolute Gasteiger partial charge is 0.311 e. The maximum Gasteiger partial charge on any atom is 0.311 e. The van der Waals surface area contributed by atoms with E-state index in [1.54, 1.807) is 0 Å². The third kappa shape index (κ3) is 1.58. The molecule has 16 heavy (non-hydrogen) atoms. The number of fused-ring (bicyclic) bond motifs is 2. The van der Waals surface area contributed by atoms with E-state index >= 15 is 0 Å². The third-order valence-electron chi connectivity index (χ3n) is 3.31. The number of aliphatic carboxylic acids is 1. The number of ether oxygens (including phenoxy) is 1. The van der Waals surface area contributed by atoms with E-state index in [1.165, 1.54) is 0 Å². The number of esters is 1. The molecule has 0 aliphatic heterocycles. The number of hydrogen-bond donors (Lipinski definition) is 1. The normalized spacial score (nSPS) is 34.7. The van der Waals surface area contributed by atoms with Crippen LogP contribution in [0.25, 0.3) is 0 Å². The first-order chi connectivity index (χ1) is 7.65. The fourth-order valence-electron chi connectivity index (χ4n) is 2.69. The maximum atomic E-state index is 11.7. The summed E-state index contributed by atoms with van der Waals surface area (Å²) in [5.74, 6) is -0.474. The second-order valence-electron chi connectivity index (χ2n) is 4.15. The van der Waals surface area contributed by atoms with Gasteiger partial charge in [0.2, 0.25) is 0 Å². The van der Waals surface area contributed by atoms with Crippen molar-refractivity contribution in [2.24, 2.45) is 23.7 Å². The van der Waals surface area contributed by atoms with Crippen molar-refractivity contribution in [2.45, 2.75) is 6.42 Å². The summed E-state index contributed by atoms with van der Waals surface area (Å²) in [6, 6.07) is 0. The van der Waals surface area contributed by atoms with Crippen molar-refractivity contribution < 1.29 is 19.4 Å². The molecule has 3 unspecified atom stereocenters. The molecule has 4 heteroatoms. The maximum absolute atomic E-state index is 11.7. The van der Waals surface area contributed by atoms with Crippen LogP contribution in [-0.2, 0) is 14.3 Å². The zero-order chi connectivity index (χ0) is 11.7. The molecule has 2 aliphatic rings. The standard InChI is InChI=1S/C12H12O4/c1-2-5-16-12(15)10-8-4-3-7(6-8)9(10)11(13)14/h1,3-4,7-10H,5-6H2,(H,13,14)/t7?,8?,9?,10-/m0/s1. The molecule has 2 aliphatic carbocycles. The molecule has 1 saturated carbocycles. The van der Waals surface area contributed by atoms with Crippen molar-refractivity contribution in [3.63, 3.8) is 0 Å². The Balaban J connectivity index is 2.14. The minimum Gasteiger partial charge on any atom is -0.481 e. The molecule has 1 fully saturated rings. The molecule has 2 rings (SSSR count). The van der Waals surface area contributed by atoms with E-state index in [4.69, 9.17) is 16.3 Å². The van der Waals surface area contributed by atoms with Crippen LogP contribution in [0.5, 0.6) is 0 Å². The first-order valence-corrected chi connectivity index (χ1v) is 5.16. The van der Waals surface area contributed by atoms with E-state index in [-0.39, 0.29) is 18.4 Å². The summed E-state index contributed by atoms with van der Waals surface area (Å²) < 4.78 is 4.84. The number of hydrogen-bond acceptors (Lipinski definition) is 3. The summed E-state index contributed by atoms with van der Waals surface area (Å²) >= 11 is 0. The van der Waals surface area contributed by atoms with Gasteiger partial charge in [-0.1, -0.05) is 18.1 Å². The molecule has 0 saturated heterocycles. The van der Waals surface area contributed by atoms with Crippen LogP contribution in [0, 0.1) is 36.0 Å². The lowest BCUT2D eigenvalue weighted by molar-refractivity contribution is -0.157. The predicted octanol–water partition coefficient (Wildman–Crippen LogP) is 0.686. The van der Waals surface area contributed by atoms with Crippen LogP contribution in [0.3, 0.4) is 0 Å². The summed E-state index contributed by atoms with van der Waals surface area (Å²) in [6.45, 7) is -0.0945. The van der Waals surface area contributed by atoms with E-state index in [2.05, 4.69) is 5.92 Å². The van der Waals surface area contributed by atoms with Gasteiger partial charge >= 0.3 is 11.9 Å². The highest BCUT2D eigenvalue weighted by atomic mass is 16.5. The van der Waals surface area contributed by atoms with E-state index in [1.807, 2.05) is 12.2 Å². The van der Waals surface area contributed by atoms with Gasteiger partial charge in [-0.3, -0.25) is 9.59 Å². The van der Waals surface area contributed by atoms with Crippen molar-refractivity contribution in [3.05, 3.63) is 12.2 Å². The monoisotopic (exact) mass is 220 g/mol. The first kappa shape index (κ1) is 10.7. The second-order valence-corrected chi connectivity index (χ2v) is 4.15. The van der Waals surface area contributed by atoms with Crippen LogP contribution < -0.4 is 0 Å². The lowest BCUT2D eigenvalue weighted by Gasteiger charge is -2.22. The average Bonchev–Trinajstić information content (AvgIpc) is 2.84. The number of rotatable bonds is 3. The Hall–Kier alpha value is -1.76. The topological polar surface area (TPSA) is 63.6 Å². The average molecular weight is 220 g/mol. The van der Waals surface area contributed by atoms with Gasteiger partial charge in [-0.05, 0) is 18.3 Å². The summed E-state index contributed by atoms with van der Waals surface area (Å²) in [5.41, 5.74) is 0. The van der Waals surface area contributed by atoms with Crippen LogP contribution >= 0.6 is 0 Å².